The van der Waals surface area contributed by atoms with Gasteiger partial charge < -0.3 is 20.1 Å². The second-order valence-electron chi connectivity index (χ2n) is 5.91. The number of morpholine rings is 1. The van der Waals surface area contributed by atoms with Crippen molar-refractivity contribution in [2.75, 3.05) is 66.2 Å². The number of hydrogen-bond donors (Lipinski definition) is 2. The summed E-state index contributed by atoms with van der Waals surface area (Å²) in [5.41, 5.74) is 0. The molecule has 0 radical (unpaired) electrons. The van der Waals surface area contributed by atoms with Gasteiger partial charge in [-0.25, -0.2) is 0 Å². The molecular weight excluding hydrogens is 292 g/mol. The summed E-state index contributed by atoms with van der Waals surface area (Å²) in [4.78, 5) is 6.73. The highest BCUT2D eigenvalue weighted by Crippen LogP contribution is 1.99. The molecule has 1 fully saturated rings. The molecule has 1 saturated heterocycles. The highest BCUT2D eigenvalue weighted by molar-refractivity contribution is 5.79. The van der Waals surface area contributed by atoms with E-state index in [0.717, 1.165) is 77.8 Å². The van der Waals surface area contributed by atoms with Crippen molar-refractivity contribution < 1.29 is 9.47 Å². The maximum atomic E-state index is 5.55. The SMILES string of the molecule is CCCCOCCCNC(=NC)NCCCCN1CCOCC1. The van der Waals surface area contributed by atoms with Gasteiger partial charge in [0.05, 0.1) is 13.2 Å². The second kappa shape index (κ2) is 14.7. The number of unbranched alkanes of at least 4 members (excludes halogenated alkanes) is 2. The fourth-order valence-corrected chi connectivity index (χ4v) is 2.44. The second-order valence-corrected chi connectivity index (χ2v) is 5.91. The van der Waals surface area contributed by atoms with Gasteiger partial charge in [-0.15, -0.1) is 0 Å². The molecule has 1 aliphatic rings. The summed E-state index contributed by atoms with van der Waals surface area (Å²) in [6.45, 7) is 10.9. The Kier molecular flexibility index (Phi) is 12.9. The Morgan fingerprint density at radius 3 is 2.43 bits per heavy atom. The number of hydrogen-bond acceptors (Lipinski definition) is 4. The van der Waals surface area contributed by atoms with Crippen LogP contribution in [0.5, 0.6) is 0 Å². The summed E-state index contributed by atoms with van der Waals surface area (Å²) >= 11 is 0. The normalized spacial score (nSPS) is 16.5. The van der Waals surface area contributed by atoms with Gasteiger partial charge in [0, 0.05) is 46.4 Å². The minimum atomic E-state index is 0.823. The predicted octanol–water partition coefficient (Wildman–Crippen LogP) is 1.47. The first kappa shape index (κ1) is 20.2. The van der Waals surface area contributed by atoms with Crippen molar-refractivity contribution in [3.63, 3.8) is 0 Å². The lowest BCUT2D eigenvalue weighted by atomic mass is 10.3. The van der Waals surface area contributed by atoms with Crippen LogP contribution in [0.3, 0.4) is 0 Å². The Morgan fingerprint density at radius 2 is 1.74 bits per heavy atom. The van der Waals surface area contributed by atoms with Gasteiger partial charge in [0.15, 0.2) is 5.96 Å². The molecule has 0 amide bonds. The zero-order chi connectivity index (χ0) is 16.6. The minimum absolute atomic E-state index is 0.823. The average molecular weight is 329 g/mol. The number of nitrogens with zero attached hydrogens (tertiary/aromatic N) is 2. The van der Waals surface area contributed by atoms with Crippen LogP contribution in [0.2, 0.25) is 0 Å². The Labute approximate surface area is 142 Å². The lowest BCUT2D eigenvalue weighted by Gasteiger charge is -2.26. The quantitative estimate of drug-likeness (QED) is 0.323. The summed E-state index contributed by atoms with van der Waals surface area (Å²) in [6.07, 6.45) is 5.75. The molecule has 1 heterocycles. The lowest BCUT2D eigenvalue weighted by Crippen LogP contribution is -2.39. The van der Waals surface area contributed by atoms with Gasteiger partial charge in [0.2, 0.25) is 0 Å². The van der Waals surface area contributed by atoms with E-state index < -0.39 is 0 Å². The standard InChI is InChI=1S/C17H36N4O2/c1-3-4-13-22-14-7-9-20-17(18-2)19-8-5-6-10-21-11-15-23-16-12-21/h3-16H2,1-2H3,(H2,18,19,20). The molecule has 6 heteroatoms. The van der Waals surface area contributed by atoms with E-state index in [-0.39, 0.29) is 0 Å². The summed E-state index contributed by atoms with van der Waals surface area (Å²) in [5.74, 6) is 0.893. The topological polar surface area (TPSA) is 58.1 Å². The van der Waals surface area contributed by atoms with E-state index in [0.29, 0.717) is 0 Å². The van der Waals surface area contributed by atoms with Gasteiger partial charge in [0.1, 0.15) is 0 Å². The van der Waals surface area contributed by atoms with Gasteiger partial charge in [-0.05, 0) is 32.2 Å². The zero-order valence-electron chi connectivity index (χ0n) is 15.1. The van der Waals surface area contributed by atoms with E-state index in [1.54, 1.807) is 0 Å². The molecule has 0 aromatic carbocycles. The van der Waals surface area contributed by atoms with Crippen LogP contribution in [0.25, 0.3) is 0 Å². The maximum Gasteiger partial charge on any atom is 0.190 e. The molecule has 0 aromatic rings. The fraction of sp³-hybridized carbons (Fsp3) is 0.941. The Balaban J connectivity index is 1.90. The molecular formula is C17H36N4O2. The molecule has 1 aliphatic heterocycles. The number of rotatable bonds is 12. The molecule has 0 bridgehead atoms. The van der Waals surface area contributed by atoms with Crippen molar-refractivity contribution in [3.05, 3.63) is 0 Å². The number of nitrogens with one attached hydrogen (secondary N) is 2. The molecule has 0 saturated carbocycles. The fourth-order valence-electron chi connectivity index (χ4n) is 2.44. The van der Waals surface area contributed by atoms with Gasteiger partial charge in [-0.1, -0.05) is 13.3 Å². The summed E-state index contributed by atoms with van der Waals surface area (Å²) in [7, 11) is 1.82. The maximum absolute atomic E-state index is 5.55. The van der Waals surface area contributed by atoms with E-state index in [1.807, 2.05) is 7.05 Å². The first-order chi connectivity index (χ1) is 11.4. The van der Waals surface area contributed by atoms with Crippen molar-refractivity contribution in [3.8, 4) is 0 Å². The molecule has 0 spiro atoms. The first-order valence-corrected chi connectivity index (χ1v) is 9.19. The largest absolute Gasteiger partial charge is 0.381 e. The lowest BCUT2D eigenvalue weighted by molar-refractivity contribution is 0.0372. The van der Waals surface area contributed by atoms with Crippen LogP contribution in [0.15, 0.2) is 4.99 Å². The van der Waals surface area contributed by atoms with Crippen molar-refractivity contribution in [1.29, 1.82) is 0 Å². The van der Waals surface area contributed by atoms with E-state index in [9.17, 15) is 0 Å². The Hall–Kier alpha value is -0.850. The number of aliphatic imine (C=N–C) groups is 1. The van der Waals surface area contributed by atoms with Crippen molar-refractivity contribution in [2.24, 2.45) is 4.99 Å². The van der Waals surface area contributed by atoms with Gasteiger partial charge in [0.25, 0.3) is 0 Å². The van der Waals surface area contributed by atoms with Crippen molar-refractivity contribution in [1.82, 2.24) is 15.5 Å². The van der Waals surface area contributed by atoms with Crippen LogP contribution in [0.4, 0.5) is 0 Å². The van der Waals surface area contributed by atoms with Crippen molar-refractivity contribution >= 4 is 5.96 Å². The van der Waals surface area contributed by atoms with Crippen LogP contribution in [0.1, 0.15) is 39.0 Å². The first-order valence-electron chi connectivity index (χ1n) is 9.19. The molecule has 0 aliphatic carbocycles. The highest BCUT2D eigenvalue weighted by Gasteiger charge is 2.08. The summed E-state index contributed by atoms with van der Waals surface area (Å²) in [5, 5.41) is 6.71. The molecule has 1 rings (SSSR count). The van der Waals surface area contributed by atoms with Crippen molar-refractivity contribution in [2.45, 2.75) is 39.0 Å². The zero-order valence-corrected chi connectivity index (χ0v) is 15.1. The average Bonchev–Trinajstić information content (AvgIpc) is 2.59. The molecule has 0 atom stereocenters. The van der Waals surface area contributed by atoms with Gasteiger partial charge >= 0.3 is 0 Å². The monoisotopic (exact) mass is 328 g/mol. The molecule has 23 heavy (non-hydrogen) atoms. The smallest absolute Gasteiger partial charge is 0.190 e. The number of ether oxygens (including phenoxy) is 2. The third kappa shape index (κ3) is 11.3. The van der Waals surface area contributed by atoms with Crippen LogP contribution < -0.4 is 10.6 Å². The highest BCUT2D eigenvalue weighted by atomic mass is 16.5. The van der Waals surface area contributed by atoms with E-state index in [4.69, 9.17) is 9.47 Å². The van der Waals surface area contributed by atoms with E-state index >= 15 is 0 Å². The van der Waals surface area contributed by atoms with E-state index in [1.165, 1.54) is 19.4 Å². The minimum Gasteiger partial charge on any atom is -0.381 e. The summed E-state index contributed by atoms with van der Waals surface area (Å²) < 4.78 is 10.9. The van der Waals surface area contributed by atoms with Crippen LogP contribution in [0, 0.1) is 0 Å². The third-order valence-corrected chi connectivity index (χ3v) is 3.92. The van der Waals surface area contributed by atoms with Gasteiger partial charge in [-0.3, -0.25) is 9.89 Å². The Bertz CT molecular complexity index is 294. The molecule has 136 valence electrons. The molecule has 2 N–H and O–H groups in total. The third-order valence-electron chi connectivity index (χ3n) is 3.92. The van der Waals surface area contributed by atoms with Gasteiger partial charge in [-0.2, -0.15) is 0 Å². The number of guanidine groups is 1. The van der Waals surface area contributed by atoms with Crippen LogP contribution in [-0.2, 0) is 9.47 Å². The molecule has 0 unspecified atom stereocenters. The molecule has 0 aromatic heterocycles. The summed E-state index contributed by atoms with van der Waals surface area (Å²) in [6, 6.07) is 0. The van der Waals surface area contributed by atoms with Crippen LogP contribution >= 0.6 is 0 Å². The molecule has 6 nitrogen and oxygen atoms in total. The van der Waals surface area contributed by atoms with E-state index in [2.05, 4.69) is 27.4 Å². The van der Waals surface area contributed by atoms with Crippen LogP contribution in [-0.4, -0.2) is 77.1 Å². The predicted molar refractivity (Wildman–Crippen MR) is 96.2 cm³/mol. The Morgan fingerprint density at radius 1 is 1.04 bits per heavy atom.